The van der Waals surface area contributed by atoms with E-state index in [4.69, 9.17) is 23.5 Å². The average Bonchev–Trinajstić information content (AvgIpc) is 3.33. The molecule has 2 aromatic carbocycles. The van der Waals surface area contributed by atoms with Crippen molar-refractivity contribution >= 4 is 18.9 Å². The Morgan fingerprint density at radius 3 is 2.69 bits per heavy atom. The highest BCUT2D eigenvalue weighted by Crippen LogP contribution is 2.64. The van der Waals surface area contributed by atoms with E-state index in [1.165, 1.54) is 13.0 Å². The Labute approximate surface area is 202 Å². The summed E-state index contributed by atoms with van der Waals surface area (Å²) < 4.78 is 60.3. The van der Waals surface area contributed by atoms with Gasteiger partial charge in [0.05, 0.1) is 22.6 Å². The first kappa shape index (κ1) is 21.8. The summed E-state index contributed by atoms with van der Waals surface area (Å²) in [6, 6.07) is 10.3. The second-order valence-corrected chi connectivity index (χ2v) is 10.1. The lowest BCUT2D eigenvalue weighted by atomic mass is 9.98. The number of benzene rings is 2. The fourth-order valence-electron chi connectivity index (χ4n) is 5.15. The molecular formula is C23H17F2N4O6P. The van der Waals surface area contributed by atoms with Crippen molar-refractivity contribution in [3.8, 4) is 22.6 Å². The number of aromatic nitrogens is 4. The van der Waals surface area contributed by atoms with Crippen molar-refractivity contribution in [2.45, 2.75) is 37.9 Å². The second-order valence-electron chi connectivity index (χ2n) is 8.84. The molecule has 13 heteroatoms. The van der Waals surface area contributed by atoms with Crippen LogP contribution >= 0.6 is 7.82 Å². The van der Waals surface area contributed by atoms with Gasteiger partial charge in [-0.1, -0.05) is 12.1 Å². The topological polar surface area (TPSA) is 118 Å². The largest absolute Gasteiger partial charge is 0.482 e. The number of hydrogen-bond acceptors (Lipinski definition) is 8. The Morgan fingerprint density at radius 1 is 1.19 bits per heavy atom. The van der Waals surface area contributed by atoms with Crippen LogP contribution in [0.2, 0.25) is 0 Å². The van der Waals surface area contributed by atoms with Crippen LogP contribution in [0.15, 0.2) is 48.8 Å². The smallest absolute Gasteiger partial charge is 0.478 e. The van der Waals surface area contributed by atoms with Crippen LogP contribution in [0.4, 0.5) is 8.78 Å². The van der Waals surface area contributed by atoms with E-state index in [2.05, 4.69) is 9.97 Å². The van der Waals surface area contributed by atoms with E-state index >= 15 is 0 Å². The molecule has 2 bridgehead atoms. The van der Waals surface area contributed by atoms with Crippen LogP contribution < -0.4 is 9.47 Å². The molecule has 4 aromatic rings. The number of phosphoric acid groups is 1. The third-order valence-corrected chi connectivity index (χ3v) is 7.73. The number of imidazole rings is 1. The molecule has 0 aliphatic carbocycles. The zero-order chi connectivity index (χ0) is 24.8. The molecule has 0 spiro atoms. The summed E-state index contributed by atoms with van der Waals surface area (Å²) in [6.45, 7) is -1.49. The minimum atomic E-state index is -4.05. The molecule has 0 saturated carbocycles. The predicted molar refractivity (Wildman–Crippen MR) is 119 cm³/mol. The highest BCUT2D eigenvalue weighted by atomic mass is 31.2. The Kier molecular flexibility index (Phi) is 4.42. The van der Waals surface area contributed by atoms with E-state index in [1.54, 1.807) is 24.5 Å². The summed E-state index contributed by atoms with van der Waals surface area (Å²) in [5.74, 6) is -0.0514. The van der Waals surface area contributed by atoms with Crippen LogP contribution in [0.1, 0.15) is 42.7 Å². The third kappa shape index (κ3) is 3.19. The predicted octanol–water partition coefficient (Wildman–Crippen LogP) is 4.84. The summed E-state index contributed by atoms with van der Waals surface area (Å²) in [7, 11) is -4.05. The fraction of sp³-hybridized carbons (Fsp3) is 0.261. The van der Waals surface area contributed by atoms with Gasteiger partial charge in [0, 0.05) is 24.4 Å². The maximum Gasteiger partial charge on any atom is 0.478 e. The van der Waals surface area contributed by atoms with Gasteiger partial charge in [0.25, 0.3) is 0 Å². The Hall–Kier alpha value is -3.44. The number of nitrogens with zero attached hydrogens (tertiary/aromatic N) is 4. The van der Waals surface area contributed by atoms with Gasteiger partial charge in [-0.15, -0.1) is 0 Å². The number of halogens is 2. The number of hydrogen-bond donors (Lipinski definition) is 1. The lowest BCUT2D eigenvalue weighted by Gasteiger charge is -2.38. The number of phosphoric ester groups is 1. The molecule has 3 aliphatic rings. The summed E-state index contributed by atoms with van der Waals surface area (Å²) in [6.07, 6.45) is 3.39. The summed E-state index contributed by atoms with van der Waals surface area (Å²) in [5.41, 5.74) is 3.60. The Balaban J connectivity index is 1.28. The van der Waals surface area contributed by atoms with Gasteiger partial charge in [0.1, 0.15) is 11.5 Å². The van der Waals surface area contributed by atoms with E-state index < -0.39 is 20.2 Å². The SMILES string of the molecule is CC1(c2ncc(-c3ccc4nc5n(c4c3)[C@@H]3C[C@H]5Oc4cccc(OC(F)F)c43)cn2)OP(=O)(O)O1. The highest BCUT2D eigenvalue weighted by molar-refractivity contribution is 7.48. The van der Waals surface area contributed by atoms with Crippen molar-refractivity contribution in [3.63, 3.8) is 0 Å². The molecule has 2 atom stereocenters. The van der Waals surface area contributed by atoms with E-state index in [0.29, 0.717) is 23.3 Å². The first-order valence-corrected chi connectivity index (χ1v) is 12.5. The third-order valence-electron chi connectivity index (χ3n) is 6.57. The molecule has 3 aliphatic heterocycles. The lowest BCUT2D eigenvalue weighted by Crippen LogP contribution is -2.38. The van der Waals surface area contributed by atoms with Gasteiger partial charge in [-0.2, -0.15) is 8.78 Å². The molecule has 0 unspecified atom stereocenters. The first-order valence-electron chi connectivity index (χ1n) is 11.0. The monoisotopic (exact) mass is 514 g/mol. The zero-order valence-electron chi connectivity index (χ0n) is 18.5. The molecule has 1 fully saturated rings. The number of ether oxygens (including phenoxy) is 2. The van der Waals surface area contributed by atoms with Crippen molar-refractivity contribution in [3.05, 3.63) is 66.0 Å². The van der Waals surface area contributed by atoms with Crippen molar-refractivity contribution in [1.29, 1.82) is 0 Å². The summed E-state index contributed by atoms with van der Waals surface area (Å²) in [4.78, 5) is 22.5. The van der Waals surface area contributed by atoms with Gasteiger partial charge in [0.2, 0.25) is 5.79 Å². The standard InChI is InChI=1S/C23H17F2N4O6P/c1-23(34-36(30,31)35-23)21-26-9-12(10-27-21)11-5-6-13-14(7-11)29-15-8-18(20(29)28-13)32-16-3-2-4-17(19(15)16)33-22(24)25/h2-7,9-10,15,18,22H,8H2,1H3,(H,30,31)/t15-,18-/m1/s1. The van der Waals surface area contributed by atoms with Crippen LogP contribution in [0.25, 0.3) is 22.2 Å². The molecule has 1 N–H and O–H groups in total. The number of rotatable bonds is 4. The van der Waals surface area contributed by atoms with Gasteiger partial charge >= 0.3 is 14.4 Å². The average molecular weight is 514 g/mol. The van der Waals surface area contributed by atoms with E-state index in [9.17, 15) is 18.2 Å². The number of fused-ring (bicyclic) bond motifs is 9. The van der Waals surface area contributed by atoms with Gasteiger partial charge in [-0.3, -0.25) is 0 Å². The fourth-order valence-corrected chi connectivity index (χ4v) is 6.21. The molecule has 0 amide bonds. The summed E-state index contributed by atoms with van der Waals surface area (Å²) in [5, 5.41) is 0. The Morgan fingerprint density at radius 2 is 1.97 bits per heavy atom. The van der Waals surface area contributed by atoms with Crippen molar-refractivity contribution < 1.29 is 36.8 Å². The maximum atomic E-state index is 13.1. The van der Waals surface area contributed by atoms with Crippen LogP contribution in [0.5, 0.6) is 11.5 Å². The van der Waals surface area contributed by atoms with E-state index in [-0.39, 0.29) is 23.7 Å². The zero-order valence-corrected chi connectivity index (χ0v) is 19.4. The van der Waals surface area contributed by atoms with Crippen LogP contribution in [-0.2, 0) is 19.4 Å². The molecule has 10 nitrogen and oxygen atoms in total. The highest BCUT2D eigenvalue weighted by Gasteiger charge is 2.55. The molecule has 0 radical (unpaired) electrons. The molecule has 1 saturated heterocycles. The minimum Gasteiger partial charge on any atom is -0.482 e. The second kappa shape index (κ2) is 7.30. The van der Waals surface area contributed by atoms with Crippen molar-refractivity contribution in [1.82, 2.24) is 19.5 Å². The normalized spacial score (nSPS) is 27.9. The van der Waals surface area contributed by atoms with Crippen molar-refractivity contribution in [2.24, 2.45) is 0 Å². The maximum absolute atomic E-state index is 13.1. The molecule has 36 heavy (non-hydrogen) atoms. The lowest BCUT2D eigenvalue weighted by molar-refractivity contribution is -0.217. The molecule has 5 heterocycles. The van der Waals surface area contributed by atoms with Crippen LogP contribution in [-0.4, -0.2) is 31.0 Å². The van der Waals surface area contributed by atoms with Crippen LogP contribution in [0, 0.1) is 0 Å². The molecule has 184 valence electrons. The quantitative estimate of drug-likeness (QED) is 0.382. The van der Waals surface area contributed by atoms with Gasteiger partial charge in [0.15, 0.2) is 17.8 Å². The van der Waals surface area contributed by atoms with Gasteiger partial charge < -0.3 is 18.9 Å². The molecule has 7 rings (SSSR count). The first-order chi connectivity index (χ1) is 17.2. The summed E-state index contributed by atoms with van der Waals surface area (Å²) >= 11 is 0. The molecule has 2 aromatic heterocycles. The van der Waals surface area contributed by atoms with Crippen molar-refractivity contribution in [2.75, 3.05) is 0 Å². The number of alkyl halides is 2. The van der Waals surface area contributed by atoms with E-state index in [1.807, 2.05) is 22.8 Å². The van der Waals surface area contributed by atoms with Gasteiger partial charge in [-0.05, 0) is 36.8 Å². The van der Waals surface area contributed by atoms with Gasteiger partial charge in [-0.25, -0.2) is 28.6 Å². The van der Waals surface area contributed by atoms with E-state index in [0.717, 1.165) is 22.4 Å². The van der Waals surface area contributed by atoms with Crippen LogP contribution in [0.3, 0.4) is 0 Å². The Bertz CT molecular complexity index is 1580. The minimum absolute atomic E-state index is 0.0853. The molecular weight excluding hydrogens is 497 g/mol.